The average molecular weight is 230 g/mol. The van der Waals surface area contributed by atoms with Gasteiger partial charge >= 0.3 is 0 Å². The predicted octanol–water partition coefficient (Wildman–Crippen LogP) is 2.82. The van der Waals surface area contributed by atoms with Gasteiger partial charge in [0.15, 0.2) is 0 Å². The standard InChI is InChI=1S/C14H18N2O/c1-10-7-8-13(17-10)14(16(2)3)11-5-4-6-12(15)9-11/h4-9,14H,15H2,1-3H3. The van der Waals surface area contributed by atoms with E-state index in [0.717, 1.165) is 22.8 Å². The van der Waals surface area contributed by atoms with Crippen molar-refractivity contribution in [3.8, 4) is 0 Å². The van der Waals surface area contributed by atoms with Crippen molar-refractivity contribution in [1.29, 1.82) is 0 Å². The van der Waals surface area contributed by atoms with Crippen LogP contribution in [-0.4, -0.2) is 19.0 Å². The molecule has 0 aliphatic heterocycles. The summed E-state index contributed by atoms with van der Waals surface area (Å²) in [5, 5.41) is 0. The van der Waals surface area contributed by atoms with E-state index < -0.39 is 0 Å². The second kappa shape index (κ2) is 4.63. The number of benzene rings is 1. The molecular formula is C14H18N2O. The van der Waals surface area contributed by atoms with E-state index in [-0.39, 0.29) is 6.04 Å². The lowest BCUT2D eigenvalue weighted by Gasteiger charge is -2.23. The minimum absolute atomic E-state index is 0.104. The van der Waals surface area contributed by atoms with Crippen LogP contribution in [0, 0.1) is 6.92 Å². The molecule has 1 unspecified atom stereocenters. The third-order valence-corrected chi connectivity index (χ3v) is 2.77. The van der Waals surface area contributed by atoms with E-state index in [4.69, 9.17) is 10.2 Å². The van der Waals surface area contributed by atoms with Crippen molar-refractivity contribution in [2.45, 2.75) is 13.0 Å². The summed E-state index contributed by atoms with van der Waals surface area (Å²) in [5.41, 5.74) is 7.75. The number of aryl methyl sites for hydroxylation is 1. The molecule has 1 atom stereocenters. The molecule has 0 aliphatic rings. The second-order valence-corrected chi connectivity index (χ2v) is 4.48. The van der Waals surface area contributed by atoms with Gasteiger partial charge < -0.3 is 10.2 Å². The lowest BCUT2D eigenvalue weighted by atomic mass is 10.0. The number of nitrogens with two attached hydrogens (primary N) is 1. The van der Waals surface area contributed by atoms with Crippen LogP contribution in [0.1, 0.15) is 23.1 Å². The van der Waals surface area contributed by atoms with Crippen LogP contribution in [0.3, 0.4) is 0 Å². The zero-order valence-corrected chi connectivity index (χ0v) is 10.5. The molecule has 0 saturated carbocycles. The quantitative estimate of drug-likeness (QED) is 0.824. The van der Waals surface area contributed by atoms with Gasteiger partial charge in [0.2, 0.25) is 0 Å². The van der Waals surface area contributed by atoms with Gasteiger partial charge in [-0.05, 0) is 50.8 Å². The summed E-state index contributed by atoms with van der Waals surface area (Å²) >= 11 is 0. The zero-order valence-electron chi connectivity index (χ0n) is 10.5. The van der Waals surface area contributed by atoms with E-state index in [0.29, 0.717) is 0 Å². The van der Waals surface area contributed by atoms with E-state index in [9.17, 15) is 0 Å². The van der Waals surface area contributed by atoms with E-state index >= 15 is 0 Å². The highest BCUT2D eigenvalue weighted by Crippen LogP contribution is 2.28. The molecule has 0 saturated heterocycles. The van der Waals surface area contributed by atoms with Gasteiger partial charge in [0.25, 0.3) is 0 Å². The highest BCUT2D eigenvalue weighted by molar-refractivity contribution is 5.43. The molecule has 0 fully saturated rings. The first-order chi connectivity index (χ1) is 8.08. The second-order valence-electron chi connectivity index (χ2n) is 4.48. The van der Waals surface area contributed by atoms with Gasteiger partial charge in [-0.3, -0.25) is 4.90 Å². The third-order valence-electron chi connectivity index (χ3n) is 2.77. The molecule has 0 radical (unpaired) electrons. The molecule has 90 valence electrons. The van der Waals surface area contributed by atoms with Gasteiger partial charge in [0.05, 0.1) is 6.04 Å². The fourth-order valence-corrected chi connectivity index (χ4v) is 2.05. The van der Waals surface area contributed by atoms with Crippen molar-refractivity contribution in [3.05, 3.63) is 53.5 Å². The van der Waals surface area contributed by atoms with Crippen LogP contribution in [0.15, 0.2) is 40.8 Å². The summed E-state index contributed by atoms with van der Waals surface area (Å²) < 4.78 is 5.72. The lowest BCUT2D eigenvalue weighted by Crippen LogP contribution is -2.20. The number of nitrogens with zero attached hydrogens (tertiary/aromatic N) is 1. The smallest absolute Gasteiger partial charge is 0.125 e. The van der Waals surface area contributed by atoms with Crippen molar-refractivity contribution < 1.29 is 4.42 Å². The largest absolute Gasteiger partial charge is 0.464 e. The average Bonchev–Trinajstić information content (AvgIpc) is 2.64. The number of nitrogen functional groups attached to an aromatic ring is 1. The number of anilines is 1. The fourth-order valence-electron chi connectivity index (χ4n) is 2.05. The Balaban J connectivity index is 2.42. The van der Waals surface area contributed by atoms with Crippen molar-refractivity contribution in [3.63, 3.8) is 0 Å². The van der Waals surface area contributed by atoms with E-state index in [1.165, 1.54) is 0 Å². The Labute approximate surface area is 102 Å². The summed E-state index contributed by atoms with van der Waals surface area (Å²) in [5.74, 6) is 1.87. The van der Waals surface area contributed by atoms with E-state index in [1.807, 2.05) is 51.4 Å². The van der Waals surface area contributed by atoms with E-state index in [1.54, 1.807) is 0 Å². The monoisotopic (exact) mass is 230 g/mol. The lowest BCUT2D eigenvalue weighted by molar-refractivity contribution is 0.293. The molecule has 0 amide bonds. The van der Waals surface area contributed by atoms with Crippen LogP contribution in [0.2, 0.25) is 0 Å². The third kappa shape index (κ3) is 2.50. The highest BCUT2D eigenvalue weighted by Gasteiger charge is 2.19. The Hall–Kier alpha value is -1.74. The maximum absolute atomic E-state index is 5.83. The fraction of sp³-hybridized carbons (Fsp3) is 0.286. The molecule has 2 aromatic rings. The summed E-state index contributed by atoms with van der Waals surface area (Å²) in [4.78, 5) is 2.12. The first kappa shape index (κ1) is 11.7. The maximum atomic E-state index is 5.83. The van der Waals surface area contributed by atoms with Crippen molar-refractivity contribution in [2.75, 3.05) is 19.8 Å². The normalized spacial score (nSPS) is 12.9. The molecule has 0 aliphatic carbocycles. The van der Waals surface area contributed by atoms with Crippen molar-refractivity contribution in [1.82, 2.24) is 4.90 Å². The van der Waals surface area contributed by atoms with Gasteiger partial charge in [-0.1, -0.05) is 12.1 Å². The van der Waals surface area contributed by atoms with Crippen LogP contribution >= 0.6 is 0 Å². The maximum Gasteiger partial charge on any atom is 0.125 e. The molecule has 3 heteroatoms. The summed E-state index contributed by atoms with van der Waals surface area (Å²) in [6.07, 6.45) is 0. The molecule has 17 heavy (non-hydrogen) atoms. The Kier molecular flexibility index (Phi) is 3.20. The Bertz CT molecular complexity index is 502. The predicted molar refractivity (Wildman–Crippen MR) is 69.8 cm³/mol. The number of hydrogen-bond acceptors (Lipinski definition) is 3. The van der Waals surface area contributed by atoms with Gasteiger partial charge in [-0.15, -0.1) is 0 Å². The first-order valence-corrected chi connectivity index (χ1v) is 5.66. The molecule has 1 heterocycles. The minimum atomic E-state index is 0.104. The molecule has 0 spiro atoms. The molecule has 3 nitrogen and oxygen atoms in total. The SMILES string of the molecule is Cc1ccc(C(c2cccc(N)c2)N(C)C)o1. The number of furan rings is 1. The Morgan fingerprint density at radius 3 is 2.47 bits per heavy atom. The zero-order chi connectivity index (χ0) is 12.4. The molecule has 1 aromatic carbocycles. The topological polar surface area (TPSA) is 42.4 Å². The molecule has 2 rings (SSSR count). The minimum Gasteiger partial charge on any atom is -0.464 e. The van der Waals surface area contributed by atoms with E-state index in [2.05, 4.69) is 11.0 Å². The van der Waals surface area contributed by atoms with Crippen molar-refractivity contribution in [2.24, 2.45) is 0 Å². The van der Waals surface area contributed by atoms with Crippen molar-refractivity contribution >= 4 is 5.69 Å². The van der Waals surface area contributed by atoms with Crippen LogP contribution in [-0.2, 0) is 0 Å². The van der Waals surface area contributed by atoms with Gasteiger partial charge in [-0.25, -0.2) is 0 Å². The van der Waals surface area contributed by atoms with Crippen LogP contribution in [0.25, 0.3) is 0 Å². The van der Waals surface area contributed by atoms with Crippen LogP contribution < -0.4 is 5.73 Å². The molecular weight excluding hydrogens is 212 g/mol. The van der Waals surface area contributed by atoms with Gasteiger partial charge in [0.1, 0.15) is 11.5 Å². The summed E-state index contributed by atoms with van der Waals surface area (Å²) in [6.45, 7) is 1.95. The Morgan fingerprint density at radius 1 is 1.18 bits per heavy atom. The van der Waals surface area contributed by atoms with Crippen LogP contribution in [0.5, 0.6) is 0 Å². The molecule has 1 aromatic heterocycles. The molecule has 0 bridgehead atoms. The Morgan fingerprint density at radius 2 is 1.94 bits per heavy atom. The summed E-state index contributed by atoms with van der Waals surface area (Å²) in [6, 6.07) is 12.0. The molecule has 2 N–H and O–H groups in total. The van der Waals surface area contributed by atoms with Gasteiger partial charge in [0, 0.05) is 5.69 Å². The first-order valence-electron chi connectivity index (χ1n) is 5.66. The van der Waals surface area contributed by atoms with Crippen LogP contribution in [0.4, 0.5) is 5.69 Å². The van der Waals surface area contributed by atoms with Gasteiger partial charge in [-0.2, -0.15) is 0 Å². The number of rotatable bonds is 3. The highest BCUT2D eigenvalue weighted by atomic mass is 16.3. The number of hydrogen-bond donors (Lipinski definition) is 1. The summed E-state index contributed by atoms with van der Waals surface area (Å²) in [7, 11) is 4.07.